The van der Waals surface area contributed by atoms with Crippen molar-refractivity contribution in [2.75, 3.05) is 37.6 Å². The Morgan fingerprint density at radius 2 is 1.82 bits per heavy atom. The topological polar surface area (TPSA) is 79.8 Å². The third-order valence-electron chi connectivity index (χ3n) is 4.80. The van der Waals surface area contributed by atoms with E-state index in [1.54, 1.807) is 36.4 Å². The van der Waals surface area contributed by atoms with Crippen molar-refractivity contribution in [1.82, 2.24) is 9.88 Å². The van der Waals surface area contributed by atoms with Crippen LogP contribution in [0.25, 0.3) is 11.7 Å². The highest BCUT2D eigenvalue weighted by molar-refractivity contribution is 9.10. The first-order valence-electron chi connectivity index (χ1n) is 9.01. The van der Waals surface area contributed by atoms with Crippen LogP contribution in [0.3, 0.4) is 0 Å². The molecule has 3 aromatic rings. The van der Waals surface area contributed by atoms with Gasteiger partial charge in [-0.2, -0.15) is 4.98 Å². The molecule has 1 aliphatic rings. The number of likely N-dealkylation sites (N-methyl/N-ethyl adjacent to an activating group) is 1. The fourth-order valence-corrected chi connectivity index (χ4v) is 4.76. The van der Waals surface area contributed by atoms with Crippen LogP contribution in [-0.2, 0) is 9.84 Å². The van der Waals surface area contributed by atoms with Crippen LogP contribution in [0.4, 0.5) is 5.88 Å². The Bertz CT molecular complexity index is 1040. The molecule has 0 atom stereocenters. The molecule has 148 valence electrons. The number of aromatic nitrogens is 1. The summed E-state index contributed by atoms with van der Waals surface area (Å²) in [5, 5.41) is -0.0776. The van der Waals surface area contributed by atoms with Crippen LogP contribution in [0.2, 0.25) is 0 Å². The number of oxazole rings is 1. The molecule has 0 spiro atoms. The summed E-state index contributed by atoms with van der Waals surface area (Å²) in [4.78, 5) is 8.74. The molecule has 1 aromatic carbocycles. The number of hydrogen-bond donors (Lipinski definition) is 0. The maximum absolute atomic E-state index is 13.3. The van der Waals surface area contributed by atoms with Gasteiger partial charge in [-0.25, -0.2) is 8.42 Å². The minimum atomic E-state index is -3.85. The molecule has 7 nitrogen and oxygen atoms in total. The van der Waals surface area contributed by atoms with E-state index in [0.29, 0.717) is 18.8 Å². The normalized spacial score (nSPS) is 15.9. The van der Waals surface area contributed by atoms with E-state index in [9.17, 15) is 8.42 Å². The third-order valence-corrected chi connectivity index (χ3v) is 6.99. The highest BCUT2D eigenvalue weighted by Crippen LogP contribution is 2.35. The van der Waals surface area contributed by atoms with Gasteiger partial charge >= 0.3 is 0 Å². The second-order valence-corrected chi connectivity index (χ2v) is 9.27. The minimum absolute atomic E-state index is 0.0776. The zero-order valence-corrected chi connectivity index (χ0v) is 17.7. The summed E-state index contributed by atoms with van der Waals surface area (Å²) in [7, 11) is -3.85. The summed E-state index contributed by atoms with van der Waals surface area (Å²) in [6.07, 6.45) is 1.50. The summed E-state index contributed by atoms with van der Waals surface area (Å²) in [6, 6.07) is 9.90. The van der Waals surface area contributed by atoms with Crippen molar-refractivity contribution in [2.45, 2.75) is 16.8 Å². The lowest BCUT2D eigenvalue weighted by atomic mass is 10.3. The maximum atomic E-state index is 13.3. The average molecular weight is 466 g/mol. The summed E-state index contributed by atoms with van der Waals surface area (Å²) in [5.74, 6) is 0.823. The molecule has 0 radical (unpaired) electrons. The van der Waals surface area contributed by atoms with E-state index in [1.807, 2.05) is 4.90 Å². The summed E-state index contributed by atoms with van der Waals surface area (Å²) in [6.45, 7) is 6.09. The van der Waals surface area contributed by atoms with E-state index < -0.39 is 9.84 Å². The number of piperazine rings is 1. The van der Waals surface area contributed by atoms with Crippen LogP contribution in [-0.4, -0.2) is 51.0 Å². The van der Waals surface area contributed by atoms with Gasteiger partial charge in [0.1, 0.15) is 0 Å². The Balaban J connectivity index is 1.78. The molecule has 3 heterocycles. The number of hydrogen-bond acceptors (Lipinski definition) is 7. The van der Waals surface area contributed by atoms with Gasteiger partial charge in [-0.05, 0) is 42.9 Å². The Morgan fingerprint density at radius 1 is 1.11 bits per heavy atom. The van der Waals surface area contributed by atoms with E-state index >= 15 is 0 Å². The van der Waals surface area contributed by atoms with Crippen LogP contribution >= 0.6 is 15.9 Å². The molecule has 1 fully saturated rings. The van der Waals surface area contributed by atoms with Gasteiger partial charge in [0.05, 0.1) is 11.2 Å². The van der Waals surface area contributed by atoms with E-state index in [2.05, 4.69) is 32.7 Å². The Hall–Kier alpha value is -2.10. The predicted molar refractivity (Wildman–Crippen MR) is 108 cm³/mol. The smallest absolute Gasteiger partial charge is 0.266 e. The van der Waals surface area contributed by atoms with Gasteiger partial charge in [-0.1, -0.05) is 22.9 Å². The Kier molecular flexibility index (Phi) is 5.31. The molecule has 0 aliphatic carbocycles. The standard InChI is InChI=1S/C19H20BrN3O4S/c1-2-22-9-11-23(12-10-22)19-18(21-17(27-19)16-4-3-13-26-16)28(24,25)15-7-5-14(20)6-8-15/h3-8,13H,2,9-12H2,1H3. The number of sulfone groups is 1. The molecule has 0 N–H and O–H groups in total. The molecule has 0 saturated carbocycles. The molecule has 1 aliphatic heterocycles. The highest BCUT2D eigenvalue weighted by Gasteiger charge is 2.33. The molecular weight excluding hydrogens is 446 g/mol. The Labute approximate surface area is 172 Å². The SMILES string of the molecule is CCN1CCN(c2oc(-c3ccco3)nc2S(=O)(=O)c2ccc(Br)cc2)CC1. The first kappa shape index (κ1) is 19.2. The third kappa shape index (κ3) is 3.61. The van der Waals surface area contributed by atoms with Crippen LogP contribution in [0.15, 0.2) is 65.9 Å². The van der Waals surface area contributed by atoms with Gasteiger partial charge in [-0.3, -0.25) is 0 Å². The van der Waals surface area contributed by atoms with Crippen molar-refractivity contribution in [1.29, 1.82) is 0 Å². The molecule has 0 amide bonds. The Morgan fingerprint density at radius 3 is 2.43 bits per heavy atom. The van der Waals surface area contributed by atoms with Crippen LogP contribution < -0.4 is 4.90 Å². The second-order valence-electron chi connectivity index (χ2n) is 6.49. The van der Waals surface area contributed by atoms with E-state index in [-0.39, 0.29) is 21.7 Å². The molecule has 4 rings (SSSR count). The van der Waals surface area contributed by atoms with E-state index in [4.69, 9.17) is 8.83 Å². The maximum Gasteiger partial charge on any atom is 0.266 e. The number of benzene rings is 1. The number of rotatable bonds is 5. The fraction of sp³-hybridized carbons (Fsp3) is 0.316. The van der Waals surface area contributed by atoms with Crippen molar-refractivity contribution in [2.24, 2.45) is 0 Å². The molecule has 2 aromatic heterocycles. The second kappa shape index (κ2) is 7.73. The van der Waals surface area contributed by atoms with Gasteiger partial charge in [0.2, 0.25) is 20.7 Å². The molecule has 0 unspecified atom stereocenters. The monoisotopic (exact) mass is 465 g/mol. The van der Waals surface area contributed by atoms with Gasteiger partial charge in [0.25, 0.3) is 5.89 Å². The van der Waals surface area contributed by atoms with Crippen LogP contribution in [0.1, 0.15) is 6.92 Å². The quantitative estimate of drug-likeness (QED) is 0.568. The van der Waals surface area contributed by atoms with Gasteiger partial charge in [0, 0.05) is 30.7 Å². The number of halogens is 1. The number of furan rings is 1. The van der Waals surface area contributed by atoms with Crippen molar-refractivity contribution in [3.05, 3.63) is 47.1 Å². The zero-order chi connectivity index (χ0) is 19.7. The van der Waals surface area contributed by atoms with Crippen molar-refractivity contribution < 1.29 is 17.3 Å². The zero-order valence-electron chi connectivity index (χ0n) is 15.3. The van der Waals surface area contributed by atoms with E-state index in [0.717, 1.165) is 24.1 Å². The summed E-state index contributed by atoms with van der Waals surface area (Å²) >= 11 is 3.33. The molecular formula is C19H20BrN3O4S. The lowest BCUT2D eigenvalue weighted by Crippen LogP contribution is -2.46. The number of nitrogens with zero attached hydrogens (tertiary/aromatic N) is 3. The van der Waals surface area contributed by atoms with Crippen LogP contribution in [0, 0.1) is 0 Å². The largest absolute Gasteiger partial charge is 0.459 e. The molecule has 0 bridgehead atoms. The van der Waals surface area contributed by atoms with E-state index in [1.165, 1.54) is 6.26 Å². The first-order chi connectivity index (χ1) is 13.5. The lowest BCUT2D eigenvalue weighted by Gasteiger charge is -2.33. The summed E-state index contributed by atoms with van der Waals surface area (Å²) < 4.78 is 38.7. The average Bonchev–Trinajstić information content (AvgIpc) is 3.38. The fourth-order valence-electron chi connectivity index (χ4n) is 3.17. The minimum Gasteiger partial charge on any atom is -0.459 e. The number of anilines is 1. The van der Waals surface area contributed by atoms with Crippen molar-refractivity contribution >= 4 is 31.7 Å². The molecule has 1 saturated heterocycles. The van der Waals surface area contributed by atoms with Crippen molar-refractivity contribution in [3.63, 3.8) is 0 Å². The predicted octanol–water partition coefficient (Wildman–Crippen LogP) is 3.67. The first-order valence-corrected chi connectivity index (χ1v) is 11.3. The van der Waals surface area contributed by atoms with Gasteiger partial charge < -0.3 is 18.6 Å². The van der Waals surface area contributed by atoms with Gasteiger partial charge in [-0.15, -0.1) is 0 Å². The lowest BCUT2D eigenvalue weighted by molar-refractivity contribution is 0.266. The van der Waals surface area contributed by atoms with Crippen molar-refractivity contribution in [3.8, 4) is 11.7 Å². The van der Waals surface area contributed by atoms with Gasteiger partial charge in [0.15, 0.2) is 5.76 Å². The molecule has 9 heteroatoms. The summed E-state index contributed by atoms with van der Waals surface area (Å²) in [5.41, 5.74) is 0. The highest BCUT2D eigenvalue weighted by atomic mass is 79.9. The molecule has 28 heavy (non-hydrogen) atoms. The van der Waals surface area contributed by atoms with Crippen LogP contribution in [0.5, 0.6) is 0 Å².